The number of halogens is 1. The number of benzene rings is 3. The summed E-state index contributed by atoms with van der Waals surface area (Å²) in [5.41, 5.74) is 3.14. The Kier molecular flexibility index (Phi) is 6.41. The molecule has 0 spiro atoms. The molecule has 1 N–H and O–H groups in total. The zero-order chi connectivity index (χ0) is 24.4. The van der Waals surface area contributed by atoms with Gasteiger partial charge in [0.25, 0.3) is 0 Å². The summed E-state index contributed by atoms with van der Waals surface area (Å²) in [5.74, 6) is 1.32. The lowest BCUT2D eigenvalue weighted by Gasteiger charge is -2.15. The molecule has 0 saturated heterocycles. The molecule has 5 rings (SSSR count). The van der Waals surface area contributed by atoms with Crippen LogP contribution in [0.3, 0.4) is 0 Å². The molecule has 1 amide bonds. The minimum atomic E-state index is -0.389. The molecule has 1 atom stereocenters. The van der Waals surface area contributed by atoms with Crippen molar-refractivity contribution in [1.29, 1.82) is 0 Å². The number of hydrogen-bond acceptors (Lipinski definition) is 6. The number of ether oxygens (including phenoxy) is 2. The number of carbonyl (C=O) groups is 1. The lowest BCUT2D eigenvalue weighted by molar-refractivity contribution is -0.119. The molecule has 0 bridgehead atoms. The van der Waals surface area contributed by atoms with E-state index in [4.69, 9.17) is 9.47 Å². The Bertz CT molecular complexity index is 1370. The molecule has 2 heterocycles. The first-order valence-corrected chi connectivity index (χ1v) is 12.1. The molecule has 3 aromatic carbocycles. The zero-order valence-corrected chi connectivity index (χ0v) is 20.0. The number of hydrogen-bond donors (Lipinski definition) is 1. The number of carbonyl (C=O) groups excluding carboxylic acids is 1. The summed E-state index contributed by atoms with van der Waals surface area (Å²) >= 11 is 1.24. The Labute approximate surface area is 206 Å². The van der Waals surface area contributed by atoms with E-state index < -0.39 is 0 Å². The summed E-state index contributed by atoms with van der Waals surface area (Å²) < 4.78 is 27.1. The molecular weight excluding hydrogens is 467 g/mol. The molecule has 178 valence electrons. The van der Waals surface area contributed by atoms with Gasteiger partial charge in [-0.1, -0.05) is 47.7 Å². The van der Waals surface area contributed by atoms with Gasteiger partial charge >= 0.3 is 0 Å². The SMILES string of the molecule is Cc1ccc(-n2c(SCC(=O)NC(C)c3ccc4c(c3)OCO4)nnc2-c2ccccc2F)cc1. The molecule has 9 heteroatoms. The zero-order valence-electron chi connectivity index (χ0n) is 19.2. The topological polar surface area (TPSA) is 78.3 Å². The Morgan fingerprint density at radius 3 is 2.66 bits per heavy atom. The van der Waals surface area contributed by atoms with Gasteiger partial charge in [0, 0.05) is 5.69 Å². The summed E-state index contributed by atoms with van der Waals surface area (Å²) in [6, 6.07) is 19.6. The predicted octanol–water partition coefficient (Wildman–Crippen LogP) is 5.08. The number of aromatic nitrogens is 3. The summed E-state index contributed by atoms with van der Waals surface area (Å²) in [7, 11) is 0. The van der Waals surface area contributed by atoms with E-state index in [1.807, 2.05) is 56.3 Å². The van der Waals surface area contributed by atoms with E-state index in [-0.39, 0.29) is 30.3 Å². The van der Waals surface area contributed by atoms with Crippen LogP contribution in [0.2, 0.25) is 0 Å². The number of nitrogens with one attached hydrogen (secondary N) is 1. The van der Waals surface area contributed by atoms with E-state index in [0.29, 0.717) is 28.0 Å². The van der Waals surface area contributed by atoms with Gasteiger partial charge in [0.05, 0.1) is 17.4 Å². The van der Waals surface area contributed by atoms with Gasteiger partial charge in [0.1, 0.15) is 5.82 Å². The van der Waals surface area contributed by atoms with Crippen molar-refractivity contribution in [2.45, 2.75) is 25.0 Å². The highest BCUT2D eigenvalue weighted by Crippen LogP contribution is 2.34. The summed E-state index contributed by atoms with van der Waals surface area (Å²) in [6.45, 7) is 4.10. The van der Waals surface area contributed by atoms with Crippen molar-refractivity contribution in [3.8, 4) is 28.6 Å². The van der Waals surface area contributed by atoms with Crippen LogP contribution in [-0.4, -0.2) is 33.2 Å². The third-order valence-electron chi connectivity index (χ3n) is 5.65. The molecule has 0 fully saturated rings. The third kappa shape index (κ3) is 4.85. The van der Waals surface area contributed by atoms with Crippen LogP contribution >= 0.6 is 11.8 Å². The van der Waals surface area contributed by atoms with Gasteiger partial charge < -0.3 is 14.8 Å². The Balaban J connectivity index is 1.35. The Morgan fingerprint density at radius 2 is 1.86 bits per heavy atom. The minimum absolute atomic E-state index is 0.121. The maximum Gasteiger partial charge on any atom is 0.231 e. The highest BCUT2D eigenvalue weighted by molar-refractivity contribution is 7.99. The van der Waals surface area contributed by atoms with Crippen LogP contribution in [0.1, 0.15) is 24.1 Å². The molecule has 1 aliphatic rings. The van der Waals surface area contributed by atoms with Crippen LogP contribution in [-0.2, 0) is 4.79 Å². The van der Waals surface area contributed by atoms with Crippen molar-refractivity contribution in [3.63, 3.8) is 0 Å². The highest BCUT2D eigenvalue weighted by atomic mass is 32.2. The van der Waals surface area contributed by atoms with Gasteiger partial charge in [-0.2, -0.15) is 0 Å². The standard InChI is InChI=1S/C26H23FN4O3S/c1-16-7-10-19(11-8-16)31-25(20-5-3-4-6-21(20)27)29-30-26(31)35-14-24(32)28-17(2)18-9-12-22-23(13-18)34-15-33-22/h3-13,17H,14-15H2,1-2H3,(H,28,32). The number of nitrogens with zero attached hydrogens (tertiary/aromatic N) is 3. The fourth-order valence-corrected chi connectivity index (χ4v) is 4.55. The monoisotopic (exact) mass is 490 g/mol. The third-order valence-corrected chi connectivity index (χ3v) is 6.58. The molecule has 7 nitrogen and oxygen atoms in total. The van der Waals surface area contributed by atoms with Gasteiger partial charge in [-0.3, -0.25) is 9.36 Å². The van der Waals surface area contributed by atoms with Gasteiger partial charge in [-0.25, -0.2) is 4.39 Å². The average Bonchev–Trinajstić information content (AvgIpc) is 3.50. The second-order valence-corrected chi connectivity index (χ2v) is 9.09. The van der Waals surface area contributed by atoms with Crippen molar-refractivity contribution < 1.29 is 18.7 Å². The second kappa shape index (κ2) is 9.79. The smallest absolute Gasteiger partial charge is 0.231 e. The van der Waals surface area contributed by atoms with E-state index >= 15 is 0 Å². The first kappa shape index (κ1) is 22.9. The first-order valence-electron chi connectivity index (χ1n) is 11.1. The predicted molar refractivity (Wildman–Crippen MR) is 131 cm³/mol. The Morgan fingerprint density at radius 1 is 1.09 bits per heavy atom. The normalized spacial score (nSPS) is 13.0. The number of thioether (sulfide) groups is 1. The van der Waals surface area contributed by atoms with Crippen molar-refractivity contribution in [2.24, 2.45) is 0 Å². The van der Waals surface area contributed by atoms with Crippen LogP contribution in [0, 0.1) is 12.7 Å². The van der Waals surface area contributed by atoms with Crippen molar-refractivity contribution in [3.05, 3.63) is 83.7 Å². The maximum absolute atomic E-state index is 14.6. The minimum Gasteiger partial charge on any atom is -0.454 e. The van der Waals surface area contributed by atoms with Crippen LogP contribution in [0.25, 0.3) is 17.1 Å². The van der Waals surface area contributed by atoms with E-state index in [2.05, 4.69) is 15.5 Å². The largest absolute Gasteiger partial charge is 0.454 e. The molecule has 0 aliphatic carbocycles. The van der Waals surface area contributed by atoms with E-state index in [9.17, 15) is 9.18 Å². The van der Waals surface area contributed by atoms with Gasteiger partial charge in [-0.15, -0.1) is 10.2 Å². The van der Waals surface area contributed by atoms with E-state index in [0.717, 1.165) is 16.8 Å². The average molecular weight is 491 g/mol. The molecule has 1 aromatic heterocycles. The molecule has 1 unspecified atom stereocenters. The van der Waals surface area contributed by atoms with Gasteiger partial charge in [0.2, 0.25) is 12.7 Å². The summed E-state index contributed by atoms with van der Waals surface area (Å²) in [4.78, 5) is 12.8. The van der Waals surface area contributed by atoms with Gasteiger partial charge in [-0.05, 0) is 55.8 Å². The molecule has 0 saturated carbocycles. The number of rotatable bonds is 7. The molecule has 35 heavy (non-hydrogen) atoms. The molecule has 4 aromatic rings. The number of fused-ring (bicyclic) bond motifs is 1. The van der Waals surface area contributed by atoms with Crippen LogP contribution < -0.4 is 14.8 Å². The van der Waals surface area contributed by atoms with Crippen molar-refractivity contribution in [2.75, 3.05) is 12.5 Å². The van der Waals surface area contributed by atoms with Crippen LogP contribution in [0.4, 0.5) is 4.39 Å². The fraction of sp³-hybridized carbons (Fsp3) is 0.192. The van der Waals surface area contributed by atoms with Crippen molar-refractivity contribution in [1.82, 2.24) is 20.1 Å². The second-order valence-electron chi connectivity index (χ2n) is 8.15. The lowest BCUT2D eigenvalue weighted by atomic mass is 10.1. The van der Waals surface area contributed by atoms with Crippen LogP contribution in [0.15, 0.2) is 71.9 Å². The molecular formula is C26H23FN4O3S. The van der Waals surface area contributed by atoms with Crippen molar-refractivity contribution >= 4 is 17.7 Å². The fourth-order valence-electron chi connectivity index (χ4n) is 3.79. The molecule has 1 aliphatic heterocycles. The quantitative estimate of drug-likeness (QED) is 0.364. The maximum atomic E-state index is 14.6. The first-order chi connectivity index (χ1) is 17.0. The summed E-state index contributed by atoms with van der Waals surface area (Å²) in [6.07, 6.45) is 0. The number of aryl methyl sites for hydroxylation is 1. The van der Waals surface area contributed by atoms with E-state index in [1.165, 1.54) is 17.8 Å². The van der Waals surface area contributed by atoms with Gasteiger partial charge in [0.15, 0.2) is 22.5 Å². The lowest BCUT2D eigenvalue weighted by Crippen LogP contribution is -2.28. The Hall–Kier alpha value is -3.85. The summed E-state index contributed by atoms with van der Waals surface area (Å²) in [5, 5.41) is 12.0. The van der Waals surface area contributed by atoms with Crippen LogP contribution in [0.5, 0.6) is 11.5 Å². The van der Waals surface area contributed by atoms with E-state index in [1.54, 1.807) is 22.8 Å². The number of amides is 1. The molecule has 0 radical (unpaired) electrons. The highest BCUT2D eigenvalue weighted by Gasteiger charge is 2.21.